The first kappa shape index (κ1) is 11.7. The third kappa shape index (κ3) is 2.88. The number of hydrogen-bond acceptors (Lipinski definition) is 3. The number of amides is 1. The molecule has 1 atom stereocenters. The largest absolute Gasteiger partial charge is 0.444 e. The number of hydrogen-bond donors (Lipinski definition) is 1. The van der Waals surface area contributed by atoms with E-state index in [1.807, 2.05) is 25.7 Å². The van der Waals surface area contributed by atoms with Crippen molar-refractivity contribution in [2.24, 2.45) is 5.92 Å². The molecule has 4 heteroatoms. The summed E-state index contributed by atoms with van der Waals surface area (Å²) < 4.78 is 5.44. The molecule has 0 bridgehead atoms. The second-order valence-corrected chi connectivity index (χ2v) is 5.78. The lowest BCUT2D eigenvalue weighted by molar-refractivity contribution is 0.00953. The van der Waals surface area contributed by atoms with Crippen molar-refractivity contribution in [3.8, 4) is 0 Å². The minimum Gasteiger partial charge on any atom is -0.444 e. The number of nitrogens with one attached hydrogen (secondary N) is 1. The van der Waals surface area contributed by atoms with Crippen LogP contribution in [0.1, 0.15) is 33.6 Å². The van der Waals surface area contributed by atoms with Crippen LogP contribution in [0.4, 0.5) is 4.79 Å². The van der Waals surface area contributed by atoms with E-state index in [0.29, 0.717) is 12.0 Å². The summed E-state index contributed by atoms with van der Waals surface area (Å²) in [7, 11) is 0. The van der Waals surface area contributed by atoms with Crippen molar-refractivity contribution in [2.45, 2.75) is 45.3 Å². The molecule has 1 N–H and O–H groups in total. The third-order valence-corrected chi connectivity index (χ3v) is 3.08. The summed E-state index contributed by atoms with van der Waals surface area (Å²) in [5.41, 5.74) is -0.393. The molecule has 1 saturated carbocycles. The Balaban J connectivity index is 1.96. The van der Waals surface area contributed by atoms with Crippen molar-refractivity contribution in [1.82, 2.24) is 10.2 Å². The normalized spacial score (nSPS) is 26.7. The monoisotopic (exact) mass is 226 g/mol. The van der Waals surface area contributed by atoms with Crippen LogP contribution in [0.5, 0.6) is 0 Å². The first-order chi connectivity index (χ1) is 7.47. The van der Waals surface area contributed by atoms with Crippen LogP contribution in [0.2, 0.25) is 0 Å². The van der Waals surface area contributed by atoms with Crippen LogP contribution in [0.3, 0.4) is 0 Å². The highest BCUT2D eigenvalue weighted by Gasteiger charge is 2.40. The zero-order valence-corrected chi connectivity index (χ0v) is 10.5. The zero-order chi connectivity index (χ0) is 11.8. The second-order valence-electron chi connectivity index (χ2n) is 5.78. The van der Waals surface area contributed by atoms with Gasteiger partial charge in [-0.3, -0.25) is 0 Å². The van der Waals surface area contributed by atoms with E-state index in [2.05, 4.69) is 5.32 Å². The number of carbonyl (C=O) groups is 1. The Bertz CT molecular complexity index is 269. The van der Waals surface area contributed by atoms with E-state index < -0.39 is 5.60 Å². The van der Waals surface area contributed by atoms with Gasteiger partial charge in [0.25, 0.3) is 0 Å². The number of carbonyl (C=O) groups excluding carboxylic acids is 1. The molecular formula is C12H22N2O2. The predicted molar refractivity (Wildman–Crippen MR) is 62.3 cm³/mol. The number of nitrogens with zero attached hydrogens (tertiary/aromatic N) is 1. The molecule has 2 fully saturated rings. The fourth-order valence-corrected chi connectivity index (χ4v) is 2.17. The summed E-state index contributed by atoms with van der Waals surface area (Å²) in [6.45, 7) is 8.32. The summed E-state index contributed by atoms with van der Waals surface area (Å²) in [5, 5.41) is 3.35. The van der Waals surface area contributed by atoms with Gasteiger partial charge in [-0.25, -0.2) is 4.79 Å². The fraction of sp³-hybridized carbons (Fsp3) is 0.917. The number of ether oxygens (including phenoxy) is 1. The van der Waals surface area contributed by atoms with Crippen LogP contribution in [0.25, 0.3) is 0 Å². The van der Waals surface area contributed by atoms with Crippen LogP contribution < -0.4 is 5.32 Å². The van der Waals surface area contributed by atoms with E-state index >= 15 is 0 Å². The Morgan fingerprint density at radius 2 is 2.06 bits per heavy atom. The molecule has 1 aliphatic carbocycles. The highest BCUT2D eigenvalue weighted by atomic mass is 16.6. The quantitative estimate of drug-likeness (QED) is 0.738. The van der Waals surface area contributed by atoms with Gasteiger partial charge in [-0.1, -0.05) is 0 Å². The van der Waals surface area contributed by atoms with E-state index in [4.69, 9.17) is 4.74 Å². The van der Waals surface area contributed by atoms with Gasteiger partial charge in [-0.05, 0) is 39.5 Å². The van der Waals surface area contributed by atoms with Crippen molar-refractivity contribution >= 4 is 6.09 Å². The van der Waals surface area contributed by atoms with Gasteiger partial charge in [0, 0.05) is 19.6 Å². The van der Waals surface area contributed by atoms with Crippen LogP contribution >= 0.6 is 0 Å². The minimum atomic E-state index is -0.393. The van der Waals surface area contributed by atoms with Gasteiger partial charge in [0.1, 0.15) is 5.60 Å². The molecule has 0 aromatic carbocycles. The SMILES string of the molecule is CC(C)(C)OC(=O)N1CCNC[C@@H]1C1CC1. The van der Waals surface area contributed by atoms with Gasteiger partial charge in [-0.15, -0.1) is 0 Å². The van der Waals surface area contributed by atoms with Crippen molar-refractivity contribution in [1.29, 1.82) is 0 Å². The summed E-state index contributed by atoms with van der Waals surface area (Å²) in [6, 6.07) is 0.351. The molecule has 0 radical (unpaired) electrons. The van der Waals surface area contributed by atoms with Crippen molar-refractivity contribution < 1.29 is 9.53 Å². The number of rotatable bonds is 1. The molecule has 0 aromatic rings. The molecule has 16 heavy (non-hydrogen) atoms. The molecule has 1 aliphatic heterocycles. The summed E-state index contributed by atoms with van der Waals surface area (Å²) in [4.78, 5) is 13.9. The maximum atomic E-state index is 12.0. The highest BCUT2D eigenvalue weighted by Crippen LogP contribution is 2.36. The van der Waals surface area contributed by atoms with Crippen molar-refractivity contribution in [3.05, 3.63) is 0 Å². The standard InChI is InChI=1S/C12H22N2O2/c1-12(2,3)16-11(15)14-7-6-13-8-10(14)9-4-5-9/h9-10,13H,4-8H2,1-3H3/t10-/m1/s1. The van der Waals surface area contributed by atoms with Crippen LogP contribution in [-0.2, 0) is 4.74 Å². The van der Waals surface area contributed by atoms with Crippen LogP contribution in [0, 0.1) is 5.92 Å². The average molecular weight is 226 g/mol. The third-order valence-electron chi connectivity index (χ3n) is 3.08. The molecule has 0 unspecified atom stereocenters. The van der Waals surface area contributed by atoms with E-state index in [1.165, 1.54) is 12.8 Å². The van der Waals surface area contributed by atoms with Gasteiger partial charge in [0.05, 0.1) is 6.04 Å². The lowest BCUT2D eigenvalue weighted by Gasteiger charge is -2.37. The van der Waals surface area contributed by atoms with E-state index in [-0.39, 0.29) is 6.09 Å². The smallest absolute Gasteiger partial charge is 0.410 e. The molecule has 4 nitrogen and oxygen atoms in total. The zero-order valence-electron chi connectivity index (χ0n) is 10.5. The Morgan fingerprint density at radius 3 is 2.62 bits per heavy atom. The molecule has 1 saturated heterocycles. The van der Waals surface area contributed by atoms with Crippen LogP contribution in [-0.4, -0.2) is 42.3 Å². The van der Waals surface area contributed by atoms with Crippen molar-refractivity contribution in [3.63, 3.8) is 0 Å². The Morgan fingerprint density at radius 1 is 1.38 bits per heavy atom. The summed E-state index contributed by atoms with van der Waals surface area (Å²) >= 11 is 0. The Kier molecular flexibility index (Phi) is 3.10. The number of piperazine rings is 1. The van der Waals surface area contributed by atoms with Crippen LogP contribution in [0.15, 0.2) is 0 Å². The molecular weight excluding hydrogens is 204 g/mol. The Labute approximate surface area is 97.3 Å². The molecule has 92 valence electrons. The summed E-state index contributed by atoms with van der Waals surface area (Å²) in [5.74, 6) is 0.695. The lowest BCUT2D eigenvalue weighted by Crippen LogP contribution is -2.55. The van der Waals surface area contributed by atoms with Crippen molar-refractivity contribution in [2.75, 3.05) is 19.6 Å². The minimum absolute atomic E-state index is 0.147. The molecule has 2 aliphatic rings. The highest BCUT2D eigenvalue weighted by molar-refractivity contribution is 5.69. The molecule has 1 amide bonds. The first-order valence-corrected chi connectivity index (χ1v) is 6.18. The Hall–Kier alpha value is -0.770. The summed E-state index contributed by atoms with van der Waals surface area (Å²) in [6.07, 6.45) is 2.36. The van der Waals surface area contributed by atoms with Gasteiger partial charge in [0.15, 0.2) is 0 Å². The van der Waals surface area contributed by atoms with E-state index in [0.717, 1.165) is 19.6 Å². The first-order valence-electron chi connectivity index (χ1n) is 6.18. The predicted octanol–water partition coefficient (Wildman–Crippen LogP) is 1.61. The average Bonchev–Trinajstić information content (AvgIpc) is 2.98. The maximum absolute atomic E-state index is 12.0. The molecule has 0 aromatic heterocycles. The molecule has 0 spiro atoms. The maximum Gasteiger partial charge on any atom is 0.410 e. The second kappa shape index (κ2) is 4.24. The topological polar surface area (TPSA) is 41.6 Å². The van der Waals surface area contributed by atoms with E-state index in [1.54, 1.807) is 0 Å². The van der Waals surface area contributed by atoms with Gasteiger partial charge >= 0.3 is 6.09 Å². The lowest BCUT2D eigenvalue weighted by atomic mass is 10.1. The fourth-order valence-electron chi connectivity index (χ4n) is 2.17. The molecule has 1 heterocycles. The van der Waals surface area contributed by atoms with E-state index in [9.17, 15) is 4.79 Å². The molecule has 2 rings (SSSR count). The van der Waals surface area contributed by atoms with Gasteiger partial charge < -0.3 is 15.0 Å². The van der Waals surface area contributed by atoms with Gasteiger partial charge in [-0.2, -0.15) is 0 Å². The van der Waals surface area contributed by atoms with Gasteiger partial charge in [0.2, 0.25) is 0 Å².